The Morgan fingerprint density at radius 2 is 1.88 bits per heavy atom. The van der Waals surface area contributed by atoms with Crippen molar-refractivity contribution in [1.82, 2.24) is 14.9 Å². The number of anilines is 4. The zero-order chi connectivity index (χ0) is 29.0. The van der Waals surface area contributed by atoms with Gasteiger partial charge in [0, 0.05) is 37.9 Å². The minimum Gasteiger partial charge on any atom is -0.476 e. The van der Waals surface area contributed by atoms with Gasteiger partial charge in [0.05, 0.1) is 12.0 Å². The molecule has 0 atom stereocenters. The molecule has 2 fully saturated rings. The number of hydrogen-bond donors (Lipinski definition) is 2. The highest BCUT2D eigenvalue weighted by Gasteiger charge is 2.41. The van der Waals surface area contributed by atoms with Gasteiger partial charge in [0.15, 0.2) is 17.0 Å². The number of furan rings is 1. The van der Waals surface area contributed by atoms with Crippen LogP contribution in [0.2, 0.25) is 0 Å². The van der Waals surface area contributed by atoms with Crippen LogP contribution in [0.1, 0.15) is 60.3 Å². The summed E-state index contributed by atoms with van der Waals surface area (Å²) in [5.41, 5.74) is 1.33. The highest BCUT2D eigenvalue weighted by atomic mass is 16.6. The van der Waals surface area contributed by atoms with E-state index in [4.69, 9.17) is 18.9 Å². The summed E-state index contributed by atoms with van der Waals surface area (Å²) in [5.74, 6) is 1.59. The summed E-state index contributed by atoms with van der Waals surface area (Å²) in [5, 5.41) is 6.20. The van der Waals surface area contributed by atoms with E-state index in [2.05, 4.69) is 20.5 Å². The first-order chi connectivity index (χ1) is 19.4. The topological polar surface area (TPSA) is 122 Å². The predicted molar refractivity (Wildman–Crippen MR) is 156 cm³/mol. The number of fused-ring (bicyclic) bond motifs is 2. The highest BCUT2D eigenvalue weighted by Crippen LogP contribution is 2.42. The molecule has 1 spiro atoms. The van der Waals surface area contributed by atoms with Crippen LogP contribution in [-0.2, 0) is 9.53 Å². The monoisotopic (exact) mass is 562 g/mol. The molecule has 0 bridgehead atoms. The van der Waals surface area contributed by atoms with Crippen molar-refractivity contribution in [2.24, 2.45) is 5.41 Å². The van der Waals surface area contributed by atoms with E-state index in [0.717, 1.165) is 63.4 Å². The number of nitrogens with one attached hydrogen (secondary N) is 2. The summed E-state index contributed by atoms with van der Waals surface area (Å²) in [7, 11) is 0. The first-order valence-electron chi connectivity index (χ1n) is 14.3. The molecule has 6 rings (SSSR count). The summed E-state index contributed by atoms with van der Waals surface area (Å²) < 4.78 is 17.3. The summed E-state index contributed by atoms with van der Waals surface area (Å²) in [6, 6.07) is 7.35. The van der Waals surface area contributed by atoms with Gasteiger partial charge < -0.3 is 34.3 Å². The van der Waals surface area contributed by atoms with Crippen molar-refractivity contribution in [2.45, 2.75) is 71.5 Å². The molecule has 11 heteroatoms. The molecular formula is C30H38N6O5. The molecule has 41 heavy (non-hydrogen) atoms. The molecule has 3 aliphatic heterocycles. The number of carbonyl (C=O) groups is 2. The molecule has 0 aliphatic carbocycles. The summed E-state index contributed by atoms with van der Waals surface area (Å²) >= 11 is 0. The molecule has 2 N–H and O–H groups in total. The molecule has 0 unspecified atom stereocenters. The van der Waals surface area contributed by atoms with Gasteiger partial charge in [-0.05, 0) is 83.9 Å². The molecule has 218 valence electrons. The molecule has 0 saturated carbocycles. The maximum absolute atomic E-state index is 12.8. The van der Waals surface area contributed by atoms with Crippen LogP contribution in [0.3, 0.4) is 0 Å². The number of amides is 2. The third-order valence-electron chi connectivity index (χ3n) is 8.12. The van der Waals surface area contributed by atoms with Gasteiger partial charge in [-0.1, -0.05) is 0 Å². The van der Waals surface area contributed by atoms with Gasteiger partial charge in [-0.15, -0.1) is 0 Å². The van der Waals surface area contributed by atoms with Crippen LogP contribution in [0.15, 0.2) is 34.9 Å². The van der Waals surface area contributed by atoms with Gasteiger partial charge in [0.25, 0.3) is 5.91 Å². The second kappa shape index (κ2) is 9.81. The Balaban J connectivity index is 1.18. The van der Waals surface area contributed by atoms with Gasteiger partial charge in [-0.3, -0.25) is 4.79 Å². The van der Waals surface area contributed by atoms with E-state index in [1.165, 1.54) is 0 Å². The Bertz CT molecular complexity index is 1480. The lowest BCUT2D eigenvalue weighted by molar-refractivity contribution is -0.129. The van der Waals surface area contributed by atoms with Crippen molar-refractivity contribution in [3.8, 4) is 5.75 Å². The molecular weight excluding hydrogens is 524 g/mol. The van der Waals surface area contributed by atoms with Gasteiger partial charge in [-0.2, -0.15) is 4.98 Å². The standard InChI is InChI=1S/C30H38N6O5/c1-28(2,3)41-27(38)36-13-6-10-30(18-36)11-14-35(15-12-30)24-23-20(9-16-39-23)33-26(34-24)31-19-7-8-22-21(17-19)32-25(37)29(4,5)40-22/h7-9,16-17H,6,10-15,18H2,1-5H3,(H,32,37)(H,31,33,34). The minimum atomic E-state index is -0.926. The van der Waals surface area contributed by atoms with Crippen LogP contribution in [0, 0.1) is 5.41 Å². The van der Waals surface area contributed by atoms with Gasteiger partial charge in [0.1, 0.15) is 16.9 Å². The van der Waals surface area contributed by atoms with Crippen molar-refractivity contribution in [3.05, 3.63) is 30.5 Å². The Morgan fingerprint density at radius 3 is 2.63 bits per heavy atom. The lowest BCUT2D eigenvalue weighted by Gasteiger charge is -2.47. The first kappa shape index (κ1) is 27.2. The molecule has 3 aromatic rings. The summed E-state index contributed by atoms with van der Waals surface area (Å²) in [6.07, 6.45) is 5.38. The van der Waals surface area contributed by atoms with E-state index >= 15 is 0 Å². The fraction of sp³-hybridized carbons (Fsp3) is 0.533. The fourth-order valence-electron chi connectivity index (χ4n) is 5.93. The van der Waals surface area contributed by atoms with Crippen molar-refractivity contribution in [2.75, 3.05) is 41.7 Å². The third kappa shape index (κ3) is 5.49. The van der Waals surface area contributed by atoms with E-state index in [1.807, 2.05) is 49.9 Å². The number of carbonyl (C=O) groups excluding carboxylic acids is 2. The summed E-state index contributed by atoms with van der Waals surface area (Å²) in [4.78, 5) is 38.8. The lowest BCUT2D eigenvalue weighted by Crippen LogP contribution is -2.52. The Hall–Kier alpha value is -4.02. The van der Waals surface area contributed by atoms with Crippen LogP contribution in [0.4, 0.5) is 27.9 Å². The van der Waals surface area contributed by atoms with Crippen LogP contribution in [-0.4, -0.2) is 64.2 Å². The number of ether oxygens (including phenoxy) is 2. The molecule has 2 saturated heterocycles. The zero-order valence-corrected chi connectivity index (χ0v) is 24.4. The number of aromatic nitrogens is 2. The second-order valence-corrected chi connectivity index (χ2v) is 12.9. The molecule has 3 aliphatic rings. The largest absolute Gasteiger partial charge is 0.476 e. The fourth-order valence-corrected chi connectivity index (χ4v) is 5.93. The molecule has 1 aromatic carbocycles. The molecule has 11 nitrogen and oxygen atoms in total. The Labute approximate surface area is 239 Å². The van der Waals surface area contributed by atoms with E-state index in [0.29, 0.717) is 28.5 Å². The van der Waals surface area contributed by atoms with Crippen LogP contribution in [0.5, 0.6) is 5.75 Å². The van der Waals surface area contributed by atoms with Crippen molar-refractivity contribution >= 4 is 46.2 Å². The highest BCUT2D eigenvalue weighted by molar-refractivity contribution is 6.00. The number of piperidine rings is 2. The SMILES string of the molecule is CC(C)(C)OC(=O)N1CCCC2(CCN(c3nc(Nc4ccc5c(c4)NC(=O)C(C)(C)O5)nc4ccoc34)CC2)C1. The number of rotatable bonds is 3. The molecule has 2 amide bonds. The van der Waals surface area contributed by atoms with Gasteiger partial charge in [0.2, 0.25) is 5.95 Å². The summed E-state index contributed by atoms with van der Waals surface area (Å²) in [6.45, 7) is 12.2. The maximum Gasteiger partial charge on any atom is 0.410 e. The average Bonchev–Trinajstić information content (AvgIpc) is 3.37. The number of hydrogen-bond acceptors (Lipinski definition) is 9. The smallest absolute Gasteiger partial charge is 0.410 e. The van der Waals surface area contributed by atoms with Crippen LogP contribution in [0.25, 0.3) is 11.1 Å². The van der Waals surface area contributed by atoms with E-state index in [-0.39, 0.29) is 17.4 Å². The lowest BCUT2D eigenvalue weighted by atomic mass is 9.72. The Morgan fingerprint density at radius 1 is 1.10 bits per heavy atom. The van der Waals surface area contributed by atoms with Crippen molar-refractivity contribution in [3.63, 3.8) is 0 Å². The van der Waals surface area contributed by atoms with Crippen LogP contribution < -0.4 is 20.3 Å². The third-order valence-corrected chi connectivity index (χ3v) is 8.12. The predicted octanol–water partition coefficient (Wildman–Crippen LogP) is 5.69. The minimum absolute atomic E-state index is 0.0756. The van der Waals surface area contributed by atoms with Crippen molar-refractivity contribution in [1.29, 1.82) is 0 Å². The van der Waals surface area contributed by atoms with Gasteiger partial charge in [-0.25, -0.2) is 9.78 Å². The van der Waals surface area contributed by atoms with Crippen molar-refractivity contribution < 1.29 is 23.5 Å². The normalized spacial score (nSPS) is 19.9. The number of nitrogens with zero attached hydrogens (tertiary/aromatic N) is 4. The second-order valence-electron chi connectivity index (χ2n) is 12.9. The van der Waals surface area contributed by atoms with Crippen LogP contribution >= 0.6 is 0 Å². The quantitative estimate of drug-likeness (QED) is 0.414. The van der Waals surface area contributed by atoms with E-state index in [1.54, 1.807) is 20.1 Å². The molecule has 0 radical (unpaired) electrons. The average molecular weight is 563 g/mol. The molecule has 5 heterocycles. The van der Waals surface area contributed by atoms with E-state index in [9.17, 15) is 9.59 Å². The van der Waals surface area contributed by atoms with Gasteiger partial charge >= 0.3 is 6.09 Å². The van der Waals surface area contributed by atoms with E-state index < -0.39 is 11.2 Å². The number of likely N-dealkylation sites (tertiary alicyclic amines) is 1. The number of benzene rings is 1. The molecule has 2 aromatic heterocycles. The Kier molecular flexibility index (Phi) is 6.50. The zero-order valence-electron chi connectivity index (χ0n) is 24.4. The first-order valence-corrected chi connectivity index (χ1v) is 14.3. The maximum atomic E-state index is 12.8.